The lowest BCUT2D eigenvalue weighted by molar-refractivity contribution is -0.318. The van der Waals surface area contributed by atoms with E-state index in [9.17, 15) is 35.4 Å². The molecule has 0 bridgehead atoms. The van der Waals surface area contributed by atoms with Gasteiger partial charge in [0.05, 0.1) is 25.2 Å². The molecule has 222 valence electrons. The van der Waals surface area contributed by atoms with Crippen LogP contribution in [-0.4, -0.2) is 106 Å². The number of hydrogen-bond acceptors (Lipinski definition) is 13. The number of fused-ring (bicyclic) bond motifs is 1. The maximum atomic E-state index is 12.7. The zero-order valence-corrected chi connectivity index (χ0v) is 22.1. The number of rotatable bonds is 7. The zero-order chi connectivity index (χ0) is 29.4. The fourth-order valence-corrected chi connectivity index (χ4v) is 4.73. The van der Waals surface area contributed by atoms with E-state index in [1.54, 1.807) is 31.4 Å². The molecular formula is C28H32O13. The Balaban J connectivity index is 1.32. The molecule has 2 aromatic carbocycles. The Morgan fingerprint density at radius 1 is 0.756 bits per heavy atom. The third-order valence-electron chi connectivity index (χ3n) is 7.23. The molecule has 2 aliphatic heterocycles. The Morgan fingerprint density at radius 3 is 2.12 bits per heavy atom. The molecule has 2 fully saturated rings. The standard InChI is InChI=1S/C28H32O13/c1-12-21(30)23(32)25(34)27(38-12)37-11-20-22(31)24(33)26(35)28(41-20)39-15-7-8-16-17(29)10-18(40-19(16)9-15)13-3-5-14(36-2)6-4-13/h3-10,12,20-28,30-35H,11H2,1-2H3/t12-,20+,21-,22+,23+,24-,25+,26+,27-,28+/m0/s1. The zero-order valence-electron chi connectivity index (χ0n) is 22.1. The minimum absolute atomic E-state index is 0.136. The highest BCUT2D eigenvalue weighted by atomic mass is 16.7. The van der Waals surface area contributed by atoms with Gasteiger partial charge in [-0.25, -0.2) is 0 Å². The number of hydrogen-bond donors (Lipinski definition) is 6. The van der Waals surface area contributed by atoms with Crippen molar-refractivity contribution < 1.29 is 58.7 Å². The number of benzene rings is 2. The van der Waals surface area contributed by atoms with E-state index in [-0.39, 0.29) is 22.1 Å². The molecule has 0 spiro atoms. The quantitative estimate of drug-likeness (QED) is 0.211. The molecule has 2 aliphatic rings. The lowest BCUT2D eigenvalue weighted by Gasteiger charge is -2.42. The van der Waals surface area contributed by atoms with E-state index in [1.807, 2.05) is 0 Å². The fraction of sp³-hybridized carbons (Fsp3) is 0.464. The minimum Gasteiger partial charge on any atom is -0.497 e. The van der Waals surface area contributed by atoms with Crippen LogP contribution >= 0.6 is 0 Å². The van der Waals surface area contributed by atoms with Gasteiger partial charge in [-0.15, -0.1) is 0 Å². The SMILES string of the molecule is COc1ccc(-c2cc(=O)c3ccc(O[C@@H]4O[C@H](CO[C@H]5O[C@@H](C)[C@H](O)[C@@H](O)[C@H]5O)[C@@H](O)[C@H](O)[C@H]4O)cc3o2)cc1. The van der Waals surface area contributed by atoms with Gasteiger partial charge in [0.1, 0.15) is 65.6 Å². The molecular weight excluding hydrogens is 544 g/mol. The molecule has 10 atom stereocenters. The van der Waals surface area contributed by atoms with Crippen LogP contribution in [0, 0.1) is 0 Å². The predicted molar refractivity (Wildman–Crippen MR) is 140 cm³/mol. The Morgan fingerprint density at radius 2 is 1.41 bits per heavy atom. The smallest absolute Gasteiger partial charge is 0.229 e. The highest BCUT2D eigenvalue weighted by molar-refractivity contribution is 5.80. The van der Waals surface area contributed by atoms with Crippen molar-refractivity contribution in [2.45, 2.75) is 68.3 Å². The van der Waals surface area contributed by atoms with Crippen LogP contribution in [0.5, 0.6) is 11.5 Å². The van der Waals surface area contributed by atoms with Gasteiger partial charge in [-0.2, -0.15) is 0 Å². The van der Waals surface area contributed by atoms with Crippen LogP contribution in [0.25, 0.3) is 22.3 Å². The van der Waals surface area contributed by atoms with Crippen molar-refractivity contribution in [2.75, 3.05) is 13.7 Å². The van der Waals surface area contributed by atoms with Gasteiger partial charge in [0.15, 0.2) is 11.7 Å². The van der Waals surface area contributed by atoms with Gasteiger partial charge in [0, 0.05) is 17.7 Å². The molecule has 0 unspecified atom stereocenters. The van der Waals surface area contributed by atoms with Crippen LogP contribution in [0.2, 0.25) is 0 Å². The summed E-state index contributed by atoms with van der Waals surface area (Å²) in [7, 11) is 1.54. The summed E-state index contributed by atoms with van der Waals surface area (Å²) < 4.78 is 33.4. The maximum absolute atomic E-state index is 12.7. The second-order valence-electron chi connectivity index (χ2n) is 10.0. The van der Waals surface area contributed by atoms with Gasteiger partial charge < -0.3 is 58.7 Å². The van der Waals surface area contributed by atoms with Crippen molar-refractivity contribution in [2.24, 2.45) is 0 Å². The number of aliphatic hydroxyl groups excluding tert-OH is 6. The largest absolute Gasteiger partial charge is 0.497 e. The summed E-state index contributed by atoms with van der Waals surface area (Å²) in [6.07, 6.45) is -14.3. The third-order valence-corrected chi connectivity index (χ3v) is 7.23. The van der Waals surface area contributed by atoms with Crippen LogP contribution in [0.1, 0.15) is 6.92 Å². The molecule has 41 heavy (non-hydrogen) atoms. The molecule has 3 heterocycles. The first-order chi connectivity index (χ1) is 19.6. The van der Waals surface area contributed by atoms with Gasteiger partial charge in [0.25, 0.3) is 0 Å². The normalized spacial score (nSPS) is 34.0. The summed E-state index contributed by atoms with van der Waals surface area (Å²) in [6.45, 7) is 1.05. The Hall–Kier alpha value is -3.11. The molecule has 3 aromatic rings. The second kappa shape index (κ2) is 12.0. The Bertz CT molecular complexity index is 1390. The summed E-state index contributed by atoms with van der Waals surface area (Å²) in [5.74, 6) is 1.09. The molecule has 1 aromatic heterocycles. The summed E-state index contributed by atoms with van der Waals surface area (Å²) in [5.41, 5.74) is 0.558. The fourth-order valence-electron chi connectivity index (χ4n) is 4.73. The van der Waals surface area contributed by atoms with E-state index >= 15 is 0 Å². The Kier molecular flexibility index (Phi) is 8.61. The summed E-state index contributed by atoms with van der Waals surface area (Å²) in [5, 5.41) is 61.7. The van der Waals surface area contributed by atoms with Crippen molar-refractivity contribution in [1.29, 1.82) is 0 Å². The predicted octanol–water partition coefficient (Wildman–Crippen LogP) is -0.501. The van der Waals surface area contributed by atoms with Crippen molar-refractivity contribution in [3.8, 4) is 22.8 Å². The third kappa shape index (κ3) is 5.95. The molecule has 0 saturated carbocycles. The summed E-state index contributed by atoms with van der Waals surface area (Å²) in [6, 6.07) is 12.7. The molecule has 2 saturated heterocycles. The van der Waals surface area contributed by atoms with Gasteiger partial charge in [-0.3, -0.25) is 4.79 Å². The van der Waals surface area contributed by atoms with Crippen molar-refractivity contribution in [3.05, 3.63) is 58.8 Å². The van der Waals surface area contributed by atoms with E-state index in [1.165, 1.54) is 31.2 Å². The summed E-state index contributed by atoms with van der Waals surface area (Å²) in [4.78, 5) is 12.7. The number of aliphatic hydroxyl groups is 6. The van der Waals surface area contributed by atoms with Crippen LogP contribution in [0.15, 0.2) is 57.7 Å². The highest BCUT2D eigenvalue weighted by Crippen LogP contribution is 2.30. The second-order valence-corrected chi connectivity index (χ2v) is 10.0. The summed E-state index contributed by atoms with van der Waals surface area (Å²) >= 11 is 0. The van der Waals surface area contributed by atoms with Crippen LogP contribution in [-0.2, 0) is 14.2 Å². The monoisotopic (exact) mass is 576 g/mol. The lowest BCUT2D eigenvalue weighted by Crippen LogP contribution is -2.61. The molecule has 13 nitrogen and oxygen atoms in total. The molecule has 0 aliphatic carbocycles. The maximum Gasteiger partial charge on any atom is 0.229 e. The van der Waals surface area contributed by atoms with Crippen LogP contribution in [0.3, 0.4) is 0 Å². The van der Waals surface area contributed by atoms with Crippen LogP contribution in [0.4, 0.5) is 0 Å². The average molecular weight is 577 g/mol. The number of ether oxygens (including phenoxy) is 5. The van der Waals surface area contributed by atoms with Gasteiger partial charge in [-0.1, -0.05) is 0 Å². The first kappa shape index (κ1) is 29.4. The lowest BCUT2D eigenvalue weighted by atomic mass is 9.98. The molecule has 5 rings (SSSR count). The van der Waals surface area contributed by atoms with Crippen molar-refractivity contribution in [3.63, 3.8) is 0 Å². The topological polar surface area (TPSA) is 198 Å². The molecule has 6 N–H and O–H groups in total. The van der Waals surface area contributed by atoms with Crippen LogP contribution < -0.4 is 14.9 Å². The van der Waals surface area contributed by atoms with Gasteiger partial charge in [0.2, 0.25) is 6.29 Å². The highest BCUT2D eigenvalue weighted by Gasteiger charge is 2.47. The molecule has 13 heteroatoms. The van der Waals surface area contributed by atoms with E-state index in [0.29, 0.717) is 17.1 Å². The molecule has 0 amide bonds. The van der Waals surface area contributed by atoms with E-state index in [0.717, 1.165) is 0 Å². The van der Waals surface area contributed by atoms with Crippen molar-refractivity contribution >= 4 is 11.0 Å². The van der Waals surface area contributed by atoms with E-state index in [2.05, 4.69) is 0 Å². The van der Waals surface area contributed by atoms with E-state index < -0.39 is 68.0 Å². The number of methoxy groups -OCH3 is 1. The minimum atomic E-state index is -1.69. The van der Waals surface area contributed by atoms with Crippen molar-refractivity contribution in [1.82, 2.24) is 0 Å². The average Bonchev–Trinajstić information content (AvgIpc) is 2.97. The molecule has 0 radical (unpaired) electrons. The van der Waals surface area contributed by atoms with Gasteiger partial charge >= 0.3 is 0 Å². The van der Waals surface area contributed by atoms with Gasteiger partial charge in [-0.05, 0) is 43.3 Å². The van der Waals surface area contributed by atoms with E-state index in [4.69, 9.17) is 28.1 Å². The first-order valence-corrected chi connectivity index (χ1v) is 13.0. The first-order valence-electron chi connectivity index (χ1n) is 13.0. The Labute approximate surface area is 233 Å².